The van der Waals surface area contributed by atoms with Crippen LogP contribution in [0, 0.1) is 0 Å². The van der Waals surface area contributed by atoms with E-state index in [1.165, 1.54) is 6.20 Å². The molecule has 1 saturated heterocycles. The number of halogens is 1. The average Bonchev–Trinajstić information content (AvgIpc) is 2.37. The second-order valence-corrected chi connectivity index (χ2v) is 8.12. The molecule has 0 spiro atoms. The smallest absolute Gasteiger partial charge is 0.274 e. The first kappa shape index (κ1) is 15.6. The van der Waals surface area contributed by atoms with Crippen LogP contribution in [0.1, 0.15) is 49.9 Å². The molecular weight excluding hydrogens is 294 g/mol. The highest BCUT2D eigenvalue weighted by molar-refractivity contribution is 8.00. The van der Waals surface area contributed by atoms with E-state index >= 15 is 0 Å². The number of hydrogen-bond donors (Lipinski definition) is 0. The molecule has 1 aromatic rings. The van der Waals surface area contributed by atoms with E-state index in [0.717, 1.165) is 12.3 Å². The van der Waals surface area contributed by atoms with E-state index in [1.54, 1.807) is 0 Å². The van der Waals surface area contributed by atoms with Crippen LogP contribution in [-0.2, 0) is 0 Å². The van der Waals surface area contributed by atoms with Crippen LogP contribution < -0.4 is 0 Å². The van der Waals surface area contributed by atoms with Crippen molar-refractivity contribution in [1.82, 2.24) is 14.9 Å². The van der Waals surface area contributed by atoms with Crippen molar-refractivity contribution in [2.24, 2.45) is 0 Å². The van der Waals surface area contributed by atoms with Gasteiger partial charge in [0.1, 0.15) is 5.82 Å². The summed E-state index contributed by atoms with van der Waals surface area (Å²) in [5, 5.41) is 0.329. The minimum atomic E-state index is -0.0901. The van der Waals surface area contributed by atoms with Crippen LogP contribution in [0.4, 0.5) is 0 Å². The Balaban J connectivity index is 2.26. The second kappa shape index (κ2) is 5.90. The molecule has 110 valence electrons. The molecule has 20 heavy (non-hydrogen) atoms. The number of carbonyl (C=O) groups is 1. The molecule has 1 aromatic heterocycles. The third kappa shape index (κ3) is 3.44. The number of nitrogens with zero attached hydrogens (tertiary/aromatic N) is 3. The van der Waals surface area contributed by atoms with Gasteiger partial charge in [0.25, 0.3) is 5.91 Å². The molecule has 2 rings (SSSR count). The Morgan fingerprint density at radius 1 is 1.50 bits per heavy atom. The van der Waals surface area contributed by atoms with Crippen LogP contribution in [0.25, 0.3) is 0 Å². The maximum absolute atomic E-state index is 12.6. The Morgan fingerprint density at radius 2 is 2.20 bits per heavy atom. The van der Waals surface area contributed by atoms with Gasteiger partial charge in [0.15, 0.2) is 5.69 Å². The van der Waals surface area contributed by atoms with Crippen molar-refractivity contribution in [2.45, 2.75) is 38.4 Å². The van der Waals surface area contributed by atoms with Gasteiger partial charge in [-0.25, -0.2) is 9.97 Å². The fourth-order valence-electron chi connectivity index (χ4n) is 2.15. The molecule has 1 fully saturated rings. The Bertz CT molecular complexity index is 519. The monoisotopic (exact) mass is 313 g/mol. The fraction of sp³-hybridized carbons (Fsp3) is 0.643. The van der Waals surface area contributed by atoms with E-state index in [-0.39, 0.29) is 16.6 Å². The third-order valence-electron chi connectivity index (χ3n) is 3.19. The lowest BCUT2D eigenvalue weighted by Gasteiger charge is -2.37. The van der Waals surface area contributed by atoms with E-state index < -0.39 is 0 Å². The number of hydrogen-bond acceptors (Lipinski definition) is 4. The molecule has 0 N–H and O–H groups in total. The van der Waals surface area contributed by atoms with Crippen molar-refractivity contribution >= 4 is 29.3 Å². The molecule has 2 heterocycles. The van der Waals surface area contributed by atoms with Gasteiger partial charge in [0.2, 0.25) is 0 Å². The van der Waals surface area contributed by atoms with Gasteiger partial charge in [-0.2, -0.15) is 11.8 Å². The standard InChI is InChI=1S/C14H20ClN3OS/c1-9(2)12-16-7-10(15)11(17-12)13(19)18-5-6-20-14(3,4)8-18/h7,9H,5-6,8H2,1-4H3. The van der Waals surface area contributed by atoms with Gasteiger partial charge >= 0.3 is 0 Å². The topological polar surface area (TPSA) is 46.1 Å². The zero-order chi connectivity index (χ0) is 14.9. The SMILES string of the molecule is CC(C)c1ncc(Cl)c(C(=O)N2CCSC(C)(C)C2)n1. The first-order valence-corrected chi connectivity index (χ1v) is 8.12. The molecule has 1 aliphatic heterocycles. The molecule has 0 radical (unpaired) electrons. The minimum absolute atomic E-state index is 0.0777. The van der Waals surface area contributed by atoms with E-state index in [0.29, 0.717) is 23.1 Å². The predicted octanol–water partition coefficient (Wildman–Crippen LogP) is 3.22. The van der Waals surface area contributed by atoms with Gasteiger partial charge in [0.05, 0.1) is 11.2 Å². The van der Waals surface area contributed by atoms with Gasteiger partial charge < -0.3 is 4.90 Å². The zero-order valence-electron chi connectivity index (χ0n) is 12.3. The summed E-state index contributed by atoms with van der Waals surface area (Å²) in [6, 6.07) is 0. The van der Waals surface area contributed by atoms with Crippen molar-refractivity contribution < 1.29 is 4.79 Å². The van der Waals surface area contributed by atoms with Crippen molar-refractivity contribution in [3.8, 4) is 0 Å². The lowest BCUT2D eigenvalue weighted by atomic mass is 10.1. The molecule has 0 unspecified atom stereocenters. The van der Waals surface area contributed by atoms with E-state index in [9.17, 15) is 4.79 Å². The first-order chi connectivity index (χ1) is 9.30. The molecule has 0 bridgehead atoms. The van der Waals surface area contributed by atoms with Crippen LogP contribution in [0.15, 0.2) is 6.20 Å². The maximum Gasteiger partial charge on any atom is 0.274 e. The quantitative estimate of drug-likeness (QED) is 0.841. The second-order valence-electron chi connectivity index (χ2n) is 5.91. The minimum Gasteiger partial charge on any atom is -0.335 e. The lowest BCUT2D eigenvalue weighted by molar-refractivity contribution is 0.0741. The largest absolute Gasteiger partial charge is 0.335 e. The van der Waals surface area contributed by atoms with Crippen molar-refractivity contribution in [3.05, 3.63) is 22.7 Å². The normalized spacial score (nSPS) is 18.4. The average molecular weight is 314 g/mol. The summed E-state index contributed by atoms with van der Waals surface area (Å²) in [6.45, 7) is 9.75. The van der Waals surface area contributed by atoms with Crippen LogP contribution in [0.5, 0.6) is 0 Å². The van der Waals surface area contributed by atoms with Gasteiger partial charge in [-0.15, -0.1) is 0 Å². The number of thioether (sulfide) groups is 1. The molecule has 0 aliphatic carbocycles. The Kier molecular flexibility index (Phi) is 4.59. The molecule has 1 amide bonds. The number of aromatic nitrogens is 2. The summed E-state index contributed by atoms with van der Waals surface area (Å²) in [4.78, 5) is 23.0. The van der Waals surface area contributed by atoms with Crippen LogP contribution in [0.3, 0.4) is 0 Å². The molecule has 4 nitrogen and oxygen atoms in total. The summed E-state index contributed by atoms with van der Waals surface area (Å²) in [5.74, 6) is 1.68. The number of rotatable bonds is 2. The maximum atomic E-state index is 12.6. The van der Waals surface area contributed by atoms with E-state index in [1.807, 2.05) is 30.5 Å². The van der Waals surface area contributed by atoms with Gasteiger partial charge in [-0.05, 0) is 13.8 Å². The van der Waals surface area contributed by atoms with Crippen LogP contribution in [0.2, 0.25) is 5.02 Å². The predicted molar refractivity (Wildman–Crippen MR) is 83.6 cm³/mol. The lowest BCUT2D eigenvalue weighted by Crippen LogP contribution is -2.46. The molecular formula is C14H20ClN3OS. The highest BCUT2D eigenvalue weighted by atomic mass is 35.5. The Labute approximate surface area is 129 Å². The number of amides is 1. The number of carbonyl (C=O) groups excluding carboxylic acids is 1. The van der Waals surface area contributed by atoms with E-state index in [2.05, 4.69) is 23.8 Å². The van der Waals surface area contributed by atoms with Gasteiger partial charge in [-0.3, -0.25) is 4.79 Å². The van der Waals surface area contributed by atoms with Crippen molar-refractivity contribution in [1.29, 1.82) is 0 Å². The summed E-state index contributed by atoms with van der Waals surface area (Å²) in [6.07, 6.45) is 1.53. The molecule has 0 saturated carbocycles. The Morgan fingerprint density at radius 3 is 2.80 bits per heavy atom. The summed E-state index contributed by atoms with van der Waals surface area (Å²) >= 11 is 8.00. The zero-order valence-corrected chi connectivity index (χ0v) is 13.9. The molecule has 1 aliphatic rings. The highest BCUT2D eigenvalue weighted by Crippen LogP contribution is 2.30. The molecule has 0 atom stereocenters. The van der Waals surface area contributed by atoms with E-state index in [4.69, 9.17) is 11.6 Å². The fourth-order valence-corrected chi connectivity index (χ4v) is 3.43. The van der Waals surface area contributed by atoms with Crippen LogP contribution in [-0.4, -0.2) is 44.4 Å². The summed E-state index contributed by atoms with van der Waals surface area (Å²) in [5.41, 5.74) is 0.327. The van der Waals surface area contributed by atoms with Crippen molar-refractivity contribution in [2.75, 3.05) is 18.8 Å². The van der Waals surface area contributed by atoms with Crippen LogP contribution >= 0.6 is 23.4 Å². The highest BCUT2D eigenvalue weighted by Gasteiger charge is 2.31. The first-order valence-electron chi connectivity index (χ1n) is 6.76. The van der Waals surface area contributed by atoms with Gasteiger partial charge in [-0.1, -0.05) is 25.4 Å². The summed E-state index contributed by atoms with van der Waals surface area (Å²) < 4.78 is 0.0777. The molecule has 0 aromatic carbocycles. The third-order valence-corrected chi connectivity index (χ3v) is 4.77. The summed E-state index contributed by atoms with van der Waals surface area (Å²) in [7, 11) is 0. The van der Waals surface area contributed by atoms with Crippen molar-refractivity contribution in [3.63, 3.8) is 0 Å². The Hall–Kier alpha value is -0.810. The molecule has 6 heteroatoms. The van der Waals surface area contributed by atoms with Gasteiger partial charge in [0, 0.05) is 29.5 Å².